The molecule has 5 amide bonds. The van der Waals surface area contributed by atoms with Gasteiger partial charge in [-0.1, -0.05) is 18.2 Å². The van der Waals surface area contributed by atoms with Gasteiger partial charge in [-0.15, -0.1) is 0 Å². The second kappa shape index (κ2) is 15.0. The van der Waals surface area contributed by atoms with E-state index in [1.807, 2.05) is 0 Å². The van der Waals surface area contributed by atoms with Gasteiger partial charge in [-0.3, -0.25) is 19.7 Å². The van der Waals surface area contributed by atoms with E-state index in [1.54, 1.807) is 106 Å². The van der Waals surface area contributed by atoms with Gasteiger partial charge in [-0.2, -0.15) is 0 Å². The molecule has 0 aromatic heterocycles. The van der Waals surface area contributed by atoms with Crippen LogP contribution in [0.15, 0.2) is 66.7 Å². The molecule has 52 heavy (non-hydrogen) atoms. The highest BCUT2D eigenvalue weighted by Gasteiger charge is 2.50. The lowest BCUT2D eigenvalue weighted by molar-refractivity contribution is -0.145. The molecule has 0 aliphatic carbocycles. The second-order valence-corrected chi connectivity index (χ2v) is 15.0. The molecule has 2 saturated heterocycles. The Balaban J connectivity index is 1.32. The lowest BCUT2D eigenvalue weighted by atomic mass is 9.84. The molecule has 3 aromatic rings. The first-order valence-electron chi connectivity index (χ1n) is 17.3. The molecule has 3 N–H and O–H groups in total. The SMILES string of the molecule is CC(C)(C)OC(=O)Nc1ccc(-c2ccc(F)cc2)cc1NC(=O)c1ccc(NC(=O)C2(N3CCCC3=O)CCN(C(=O)OC(C)(C)C)CC2)cc1. The van der Waals surface area contributed by atoms with E-state index in [0.717, 1.165) is 0 Å². The molecule has 0 radical (unpaired) electrons. The van der Waals surface area contributed by atoms with Crippen LogP contribution < -0.4 is 16.0 Å². The van der Waals surface area contributed by atoms with Crippen molar-refractivity contribution in [1.29, 1.82) is 0 Å². The number of anilines is 3. The quantitative estimate of drug-likeness (QED) is 0.231. The van der Waals surface area contributed by atoms with Gasteiger partial charge in [-0.05, 0) is 120 Å². The summed E-state index contributed by atoms with van der Waals surface area (Å²) in [5.74, 6) is -1.34. The standard InChI is InChI=1S/C39H46FN5O7/c1-37(2,3)51-35(49)43-30-18-13-27(25-9-14-28(40)15-10-25)24-31(30)42-33(47)26-11-16-29(17-12-26)41-34(48)39(45-21-7-8-32(45)46)19-22-44(23-20-39)36(50)52-38(4,5)6/h9-18,24H,7-8,19-23H2,1-6H3,(H,41,48)(H,42,47)(H,43,49). The molecule has 2 aliphatic heterocycles. The highest BCUT2D eigenvalue weighted by Crippen LogP contribution is 2.35. The maximum absolute atomic E-state index is 14.0. The fourth-order valence-electron chi connectivity index (χ4n) is 6.25. The number of carbonyl (C=O) groups excluding carboxylic acids is 5. The van der Waals surface area contributed by atoms with E-state index >= 15 is 0 Å². The van der Waals surface area contributed by atoms with Gasteiger partial charge in [0, 0.05) is 37.3 Å². The van der Waals surface area contributed by atoms with E-state index in [4.69, 9.17) is 9.47 Å². The summed E-state index contributed by atoms with van der Waals surface area (Å²) in [6.45, 7) is 11.5. The minimum atomic E-state index is -1.14. The van der Waals surface area contributed by atoms with Crippen LogP contribution in [0.5, 0.6) is 0 Å². The summed E-state index contributed by atoms with van der Waals surface area (Å²) in [4.78, 5) is 69.0. The number of piperidine rings is 1. The van der Waals surface area contributed by atoms with Crippen LogP contribution in [0.3, 0.4) is 0 Å². The molecule has 0 saturated carbocycles. The number of carbonyl (C=O) groups is 5. The number of ether oxygens (including phenoxy) is 2. The first-order valence-corrected chi connectivity index (χ1v) is 17.3. The van der Waals surface area contributed by atoms with Crippen LogP contribution in [-0.2, 0) is 19.1 Å². The Morgan fingerprint density at radius 1 is 0.731 bits per heavy atom. The third-order valence-corrected chi connectivity index (χ3v) is 8.74. The molecular weight excluding hydrogens is 669 g/mol. The molecule has 12 nitrogen and oxygen atoms in total. The molecule has 2 aliphatic rings. The molecule has 2 heterocycles. The summed E-state index contributed by atoms with van der Waals surface area (Å²) < 4.78 is 24.5. The Morgan fingerprint density at radius 2 is 1.35 bits per heavy atom. The van der Waals surface area contributed by atoms with Gasteiger partial charge < -0.3 is 29.9 Å². The number of hydrogen-bond donors (Lipinski definition) is 3. The summed E-state index contributed by atoms with van der Waals surface area (Å²) in [6, 6.07) is 17.2. The minimum absolute atomic E-state index is 0.100. The Labute approximate surface area is 303 Å². The van der Waals surface area contributed by atoms with Crippen molar-refractivity contribution in [2.75, 3.05) is 35.6 Å². The largest absolute Gasteiger partial charge is 0.444 e. The molecule has 0 atom stereocenters. The van der Waals surface area contributed by atoms with Crippen molar-refractivity contribution < 1.29 is 37.8 Å². The number of nitrogens with one attached hydrogen (secondary N) is 3. The molecule has 276 valence electrons. The van der Waals surface area contributed by atoms with Gasteiger partial charge in [0.2, 0.25) is 11.8 Å². The van der Waals surface area contributed by atoms with Gasteiger partial charge in [-0.25, -0.2) is 14.0 Å². The summed E-state index contributed by atoms with van der Waals surface area (Å²) in [6.07, 6.45) is 0.341. The molecule has 2 fully saturated rings. The van der Waals surface area contributed by atoms with Gasteiger partial charge >= 0.3 is 12.2 Å². The lowest BCUT2D eigenvalue weighted by Crippen LogP contribution is -2.62. The average Bonchev–Trinajstić information content (AvgIpc) is 3.50. The Hall–Kier alpha value is -5.46. The number of benzene rings is 3. The number of nitrogens with zero attached hydrogens (tertiary/aromatic N) is 2. The molecule has 0 bridgehead atoms. The number of likely N-dealkylation sites (tertiary alicyclic amines) is 2. The highest BCUT2D eigenvalue weighted by atomic mass is 19.1. The molecule has 13 heteroatoms. The third-order valence-electron chi connectivity index (χ3n) is 8.74. The zero-order chi connectivity index (χ0) is 37.8. The first kappa shape index (κ1) is 37.8. The zero-order valence-electron chi connectivity index (χ0n) is 30.4. The second-order valence-electron chi connectivity index (χ2n) is 15.0. The minimum Gasteiger partial charge on any atom is -0.444 e. The topological polar surface area (TPSA) is 146 Å². The average molecular weight is 716 g/mol. The van der Waals surface area contributed by atoms with E-state index < -0.39 is 34.8 Å². The van der Waals surface area contributed by atoms with Crippen LogP contribution >= 0.6 is 0 Å². The third kappa shape index (κ3) is 9.25. The molecular formula is C39H46FN5O7. The molecule has 3 aromatic carbocycles. The van der Waals surface area contributed by atoms with Gasteiger partial charge in [0.05, 0.1) is 11.4 Å². The van der Waals surface area contributed by atoms with E-state index in [0.29, 0.717) is 36.2 Å². The van der Waals surface area contributed by atoms with Crippen molar-refractivity contribution >= 4 is 47.0 Å². The lowest BCUT2D eigenvalue weighted by Gasteiger charge is -2.46. The number of amides is 5. The monoisotopic (exact) mass is 715 g/mol. The van der Waals surface area contributed by atoms with Crippen LogP contribution in [0.1, 0.15) is 77.6 Å². The maximum Gasteiger partial charge on any atom is 0.412 e. The predicted molar refractivity (Wildman–Crippen MR) is 195 cm³/mol. The molecule has 0 spiro atoms. The first-order chi connectivity index (χ1) is 24.4. The number of halogens is 1. The normalized spacial score (nSPS) is 15.9. The van der Waals surface area contributed by atoms with E-state index in [2.05, 4.69) is 16.0 Å². The van der Waals surface area contributed by atoms with Crippen LogP contribution in [-0.4, -0.2) is 76.1 Å². The predicted octanol–water partition coefficient (Wildman–Crippen LogP) is 7.42. The van der Waals surface area contributed by atoms with Gasteiger partial charge in [0.1, 0.15) is 22.6 Å². The van der Waals surface area contributed by atoms with Crippen molar-refractivity contribution in [3.63, 3.8) is 0 Å². The van der Waals surface area contributed by atoms with Gasteiger partial charge in [0.15, 0.2) is 0 Å². The maximum atomic E-state index is 14.0. The van der Waals surface area contributed by atoms with Crippen LogP contribution in [0, 0.1) is 5.82 Å². The van der Waals surface area contributed by atoms with Crippen molar-refractivity contribution in [2.24, 2.45) is 0 Å². The van der Waals surface area contributed by atoms with Gasteiger partial charge in [0.25, 0.3) is 5.91 Å². The van der Waals surface area contributed by atoms with Crippen molar-refractivity contribution in [3.8, 4) is 11.1 Å². The van der Waals surface area contributed by atoms with Crippen molar-refractivity contribution in [2.45, 2.75) is 84.0 Å². The number of hydrogen-bond acceptors (Lipinski definition) is 7. The highest BCUT2D eigenvalue weighted by molar-refractivity contribution is 6.08. The Kier molecular flexibility index (Phi) is 10.9. The van der Waals surface area contributed by atoms with Crippen LogP contribution in [0.4, 0.5) is 31.0 Å². The zero-order valence-corrected chi connectivity index (χ0v) is 30.4. The van der Waals surface area contributed by atoms with Crippen molar-refractivity contribution in [3.05, 3.63) is 78.1 Å². The Morgan fingerprint density at radius 3 is 1.92 bits per heavy atom. The summed E-state index contributed by atoms with van der Waals surface area (Å²) >= 11 is 0. The summed E-state index contributed by atoms with van der Waals surface area (Å²) in [7, 11) is 0. The fraction of sp³-hybridized carbons (Fsp3) is 0.410. The molecule has 0 unspecified atom stereocenters. The van der Waals surface area contributed by atoms with E-state index in [9.17, 15) is 28.4 Å². The molecule has 5 rings (SSSR count). The fourth-order valence-corrected chi connectivity index (χ4v) is 6.25. The smallest absolute Gasteiger partial charge is 0.412 e. The van der Waals surface area contributed by atoms with Crippen LogP contribution in [0.2, 0.25) is 0 Å². The summed E-state index contributed by atoms with van der Waals surface area (Å²) in [5, 5.41) is 8.47. The van der Waals surface area contributed by atoms with E-state index in [-0.39, 0.29) is 60.5 Å². The van der Waals surface area contributed by atoms with Crippen LogP contribution in [0.25, 0.3) is 11.1 Å². The Bertz CT molecular complexity index is 1820. The van der Waals surface area contributed by atoms with Crippen molar-refractivity contribution in [1.82, 2.24) is 9.80 Å². The summed E-state index contributed by atoms with van der Waals surface area (Å²) in [5.41, 5.74) is 0.0763. The van der Waals surface area contributed by atoms with E-state index in [1.165, 1.54) is 12.1 Å². The number of rotatable bonds is 7.